The third-order valence-electron chi connectivity index (χ3n) is 1.33. The highest BCUT2D eigenvalue weighted by molar-refractivity contribution is 7.96. The Morgan fingerprint density at radius 1 is 1.46 bits per heavy atom. The number of carbonyl (C=O) groups excluding carboxylic acids is 1. The van der Waals surface area contributed by atoms with Crippen molar-refractivity contribution in [3.8, 4) is 0 Å². The Balaban J connectivity index is 0.000000184. The van der Waals surface area contributed by atoms with E-state index in [0.717, 1.165) is 11.0 Å². The van der Waals surface area contributed by atoms with E-state index in [0.29, 0.717) is 0 Å². The first-order chi connectivity index (χ1) is 6.20. The van der Waals surface area contributed by atoms with Crippen LogP contribution < -0.4 is 5.73 Å². The number of imidazole rings is 1. The smallest absolute Gasteiger partial charge is 0.273 e. The SMILES string of the molecule is NC(=O)S.c1ccc2[nH]cnc2c1. The molecule has 68 valence electrons. The monoisotopic (exact) mass is 195 g/mol. The molecule has 0 radical (unpaired) electrons. The lowest BCUT2D eigenvalue weighted by Crippen LogP contribution is -1.95. The van der Waals surface area contributed by atoms with E-state index in [2.05, 4.69) is 28.3 Å². The zero-order chi connectivity index (χ0) is 9.68. The van der Waals surface area contributed by atoms with Gasteiger partial charge in [-0.25, -0.2) is 4.98 Å². The number of aromatic amines is 1. The third kappa shape index (κ3) is 3.16. The summed E-state index contributed by atoms with van der Waals surface area (Å²) in [6.45, 7) is 0. The fourth-order valence-electron chi connectivity index (χ4n) is 0.880. The molecule has 0 aliphatic carbocycles. The standard InChI is InChI=1S/C7H6N2.CH3NOS/c1-2-4-7-6(3-1)8-5-9-7;2-1(3)4/h1-5H,(H,8,9);(H3,2,3,4). The predicted molar refractivity (Wildman–Crippen MR) is 54.7 cm³/mol. The van der Waals surface area contributed by atoms with Crippen LogP contribution >= 0.6 is 12.6 Å². The Hall–Kier alpha value is -1.49. The number of fused-ring (bicyclic) bond motifs is 1. The Morgan fingerprint density at radius 3 is 2.69 bits per heavy atom. The molecule has 0 saturated heterocycles. The highest BCUT2D eigenvalue weighted by atomic mass is 32.1. The van der Waals surface area contributed by atoms with Gasteiger partial charge < -0.3 is 10.7 Å². The van der Waals surface area contributed by atoms with Gasteiger partial charge in [-0.05, 0) is 12.1 Å². The molecule has 0 bridgehead atoms. The van der Waals surface area contributed by atoms with Crippen molar-refractivity contribution in [3.63, 3.8) is 0 Å². The van der Waals surface area contributed by atoms with E-state index < -0.39 is 5.24 Å². The van der Waals surface area contributed by atoms with Crippen molar-refractivity contribution in [3.05, 3.63) is 30.6 Å². The Labute approximate surface area is 80.6 Å². The molecule has 5 heteroatoms. The molecular formula is C8H9N3OS. The van der Waals surface area contributed by atoms with Gasteiger partial charge in [0.05, 0.1) is 17.4 Å². The topological polar surface area (TPSA) is 71.8 Å². The van der Waals surface area contributed by atoms with Crippen molar-refractivity contribution in [1.82, 2.24) is 9.97 Å². The fraction of sp³-hybridized carbons (Fsp3) is 0. The van der Waals surface area contributed by atoms with E-state index in [1.54, 1.807) is 6.33 Å². The summed E-state index contributed by atoms with van der Waals surface area (Å²) in [5.74, 6) is 0. The van der Waals surface area contributed by atoms with Crippen molar-refractivity contribution in [1.29, 1.82) is 0 Å². The summed E-state index contributed by atoms with van der Waals surface area (Å²) in [6.07, 6.45) is 1.70. The molecule has 0 spiro atoms. The average Bonchev–Trinajstić information content (AvgIpc) is 2.49. The predicted octanol–water partition coefficient (Wildman–Crippen LogP) is 1.56. The molecule has 1 amide bonds. The largest absolute Gasteiger partial charge is 0.361 e. The maximum Gasteiger partial charge on any atom is 0.273 e. The molecule has 2 rings (SSSR count). The second-order valence-electron chi connectivity index (χ2n) is 2.26. The number of hydrogen-bond acceptors (Lipinski definition) is 2. The molecule has 13 heavy (non-hydrogen) atoms. The summed E-state index contributed by atoms with van der Waals surface area (Å²) in [5, 5.41) is -0.639. The molecule has 0 unspecified atom stereocenters. The van der Waals surface area contributed by atoms with E-state index in [1.807, 2.05) is 24.3 Å². The lowest BCUT2D eigenvalue weighted by atomic mass is 10.3. The van der Waals surface area contributed by atoms with Gasteiger partial charge in [0.25, 0.3) is 5.24 Å². The number of primary amides is 1. The zero-order valence-corrected chi connectivity index (χ0v) is 7.66. The number of amides is 1. The summed E-state index contributed by atoms with van der Waals surface area (Å²) >= 11 is 3.10. The van der Waals surface area contributed by atoms with Crippen molar-refractivity contribution >= 4 is 28.9 Å². The van der Waals surface area contributed by atoms with Crippen LogP contribution in [0.1, 0.15) is 0 Å². The molecule has 1 heterocycles. The first-order valence-electron chi connectivity index (χ1n) is 3.56. The van der Waals surface area contributed by atoms with Gasteiger partial charge >= 0.3 is 0 Å². The molecule has 0 aliphatic rings. The minimum atomic E-state index is -0.639. The molecule has 0 atom stereocenters. The average molecular weight is 195 g/mol. The van der Waals surface area contributed by atoms with Crippen LogP contribution in [0.5, 0.6) is 0 Å². The molecule has 0 aliphatic heterocycles. The minimum Gasteiger partial charge on any atom is -0.361 e. The van der Waals surface area contributed by atoms with Gasteiger partial charge in [-0.3, -0.25) is 4.79 Å². The number of H-pyrrole nitrogens is 1. The lowest BCUT2D eigenvalue weighted by Gasteiger charge is -1.81. The van der Waals surface area contributed by atoms with Crippen LogP contribution in [-0.2, 0) is 0 Å². The number of nitrogens with one attached hydrogen (secondary N) is 1. The summed E-state index contributed by atoms with van der Waals surface area (Å²) in [4.78, 5) is 16.2. The molecule has 2 aromatic rings. The molecular weight excluding hydrogens is 186 g/mol. The van der Waals surface area contributed by atoms with Crippen LogP contribution in [0.25, 0.3) is 11.0 Å². The van der Waals surface area contributed by atoms with Crippen molar-refractivity contribution in [2.75, 3.05) is 0 Å². The molecule has 1 aromatic carbocycles. The van der Waals surface area contributed by atoms with Crippen LogP contribution in [0, 0.1) is 0 Å². The third-order valence-corrected chi connectivity index (χ3v) is 1.33. The van der Waals surface area contributed by atoms with Gasteiger partial charge in [-0.15, -0.1) is 0 Å². The van der Waals surface area contributed by atoms with Crippen LogP contribution in [0.15, 0.2) is 30.6 Å². The number of rotatable bonds is 0. The van der Waals surface area contributed by atoms with E-state index in [9.17, 15) is 0 Å². The molecule has 3 N–H and O–H groups in total. The Morgan fingerprint density at radius 2 is 2.08 bits per heavy atom. The van der Waals surface area contributed by atoms with Gasteiger partial charge in [-0.2, -0.15) is 0 Å². The van der Waals surface area contributed by atoms with Crippen LogP contribution in [0.4, 0.5) is 4.79 Å². The van der Waals surface area contributed by atoms with Crippen molar-refractivity contribution < 1.29 is 4.79 Å². The van der Waals surface area contributed by atoms with E-state index >= 15 is 0 Å². The molecule has 1 aromatic heterocycles. The van der Waals surface area contributed by atoms with E-state index in [1.165, 1.54) is 0 Å². The molecule has 4 nitrogen and oxygen atoms in total. The number of para-hydroxylation sites is 2. The highest BCUT2D eigenvalue weighted by Gasteiger charge is 1.88. The number of thiol groups is 1. The van der Waals surface area contributed by atoms with Crippen LogP contribution in [0.3, 0.4) is 0 Å². The second kappa shape index (κ2) is 4.51. The highest BCUT2D eigenvalue weighted by Crippen LogP contribution is 2.05. The maximum atomic E-state index is 9.09. The number of benzene rings is 1. The lowest BCUT2D eigenvalue weighted by molar-refractivity contribution is 0.267. The Kier molecular flexibility index (Phi) is 3.33. The van der Waals surface area contributed by atoms with Crippen molar-refractivity contribution in [2.24, 2.45) is 5.73 Å². The summed E-state index contributed by atoms with van der Waals surface area (Å²) in [5.41, 5.74) is 6.46. The quantitative estimate of drug-likeness (QED) is 0.558. The number of hydrogen-bond donors (Lipinski definition) is 3. The van der Waals surface area contributed by atoms with Gasteiger partial charge in [0.2, 0.25) is 0 Å². The van der Waals surface area contributed by atoms with Crippen molar-refractivity contribution in [2.45, 2.75) is 0 Å². The summed E-state index contributed by atoms with van der Waals surface area (Å²) in [6, 6.07) is 7.94. The first-order valence-corrected chi connectivity index (χ1v) is 4.01. The molecule has 0 fully saturated rings. The van der Waals surface area contributed by atoms with Gasteiger partial charge in [-0.1, -0.05) is 24.8 Å². The van der Waals surface area contributed by atoms with Crippen LogP contribution in [-0.4, -0.2) is 15.2 Å². The van der Waals surface area contributed by atoms with E-state index in [4.69, 9.17) is 4.79 Å². The zero-order valence-electron chi connectivity index (χ0n) is 6.77. The number of aromatic nitrogens is 2. The van der Waals surface area contributed by atoms with Crippen LogP contribution in [0.2, 0.25) is 0 Å². The van der Waals surface area contributed by atoms with E-state index in [-0.39, 0.29) is 0 Å². The number of nitrogens with zero attached hydrogens (tertiary/aromatic N) is 1. The molecule has 0 saturated carbocycles. The first kappa shape index (κ1) is 9.60. The number of nitrogens with two attached hydrogens (primary N) is 1. The normalized spacial score (nSPS) is 9.00. The maximum absolute atomic E-state index is 9.09. The summed E-state index contributed by atoms with van der Waals surface area (Å²) < 4.78 is 0. The second-order valence-corrected chi connectivity index (χ2v) is 2.70. The minimum absolute atomic E-state index is 0.639. The Bertz CT molecular complexity index is 365. The number of carbonyl (C=O) groups is 1. The van der Waals surface area contributed by atoms with Gasteiger partial charge in [0.1, 0.15) is 0 Å². The fourth-order valence-corrected chi connectivity index (χ4v) is 0.880. The summed E-state index contributed by atoms with van der Waals surface area (Å²) in [7, 11) is 0. The van der Waals surface area contributed by atoms with Gasteiger partial charge in [0, 0.05) is 0 Å². The van der Waals surface area contributed by atoms with Gasteiger partial charge in [0.15, 0.2) is 0 Å².